The molecule has 6 nitrogen and oxygen atoms in total. The van der Waals surface area contributed by atoms with Crippen molar-refractivity contribution in [1.82, 2.24) is 14.4 Å². The molecule has 162 valence electrons. The standard InChI is InChI=1S/C23H25FN4O2S/c1-16-17(2)31-23(28-8-3-4-9-28)21(16)22(30)27-12-10-26(11-13-27)15-20(29)25-19-7-5-6-18(24)14-19/h3-9,14H,10-13,15H2,1-2H3,(H,25,29). The molecule has 0 bridgehead atoms. The van der Waals surface area contributed by atoms with Crippen molar-refractivity contribution < 1.29 is 14.0 Å². The number of carbonyl (C=O) groups is 2. The molecule has 1 saturated heterocycles. The average molecular weight is 441 g/mol. The van der Waals surface area contributed by atoms with Crippen molar-refractivity contribution in [1.29, 1.82) is 0 Å². The zero-order valence-electron chi connectivity index (χ0n) is 17.6. The average Bonchev–Trinajstić information content (AvgIpc) is 3.37. The number of carbonyl (C=O) groups excluding carboxylic acids is 2. The van der Waals surface area contributed by atoms with Crippen LogP contribution < -0.4 is 5.32 Å². The quantitative estimate of drug-likeness (QED) is 0.658. The fourth-order valence-electron chi connectivity index (χ4n) is 3.75. The molecular weight excluding hydrogens is 415 g/mol. The number of hydrogen-bond acceptors (Lipinski definition) is 4. The highest BCUT2D eigenvalue weighted by atomic mass is 32.1. The van der Waals surface area contributed by atoms with Crippen molar-refractivity contribution in [2.24, 2.45) is 0 Å². The molecule has 0 unspecified atom stereocenters. The van der Waals surface area contributed by atoms with Crippen LogP contribution in [0.2, 0.25) is 0 Å². The lowest BCUT2D eigenvalue weighted by atomic mass is 10.1. The van der Waals surface area contributed by atoms with E-state index in [1.165, 1.54) is 12.1 Å². The second kappa shape index (κ2) is 9.03. The van der Waals surface area contributed by atoms with Crippen molar-refractivity contribution in [2.45, 2.75) is 13.8 Å². The molecule has 0 radical (unpaired) electrons. The molecule has 3 heterocycles. The first-order chi connectivity index (χ1) is 14.9. The highest BCUT2D eigenvalue weighted by Crippen LogP contribution is 2.32. The monoisotopic (exact) mass is 440 g/mol. The zero-order chi connectivity index (χ0) is 22.0. The van der Waals surface area contributed by atoms with Crippen LogP contribution in [0.3, 0.4) is 0 Å². The molecule has 2 amide bonds. The normalized spacial score (nSPS) is 14.6. The van der Waals surface area contributed by atoms with Gasteiger partial charge in [-0.05, 0) is 49.7 Å². The number of aryl methyl sites for hydroxylation is 1. The van der Waals surface area contributed by atoms with Gasteiger partial charge < -0.3 is 14.8 Å². The van der Waals surface area contributed by atoms with Gasteiger partial charge in [-0.2, -0.15) is 0 Å². The summed E-state index contributed by atoms with van der Waals surface area (Å²) in [6.45, 7) is 6.60. The Morgan fingerprint density at radius 2 is 1.77 bits per heavy atom. The Hall–Kier alpha value is -2.97. The molecule has 0 saturated carbocycles. The highest BCUT2D eigenvalue weighted by molar-refractivity contribution is 7.15. The van der Waals surface area contributed by atoms with Crippen LogP contribution in [0.4, 0.5) is 10.1 Å². The van der Waals surface area contributed by atoms with Gasteiger partial charge in [0.2, 0.25) is 5.91 Å². The number of anilines is 1. The summed E-state index contributed by atoms with van der Waals surface area (Å²) in [4.78, 5) is 30.6. The van der Waals surface area contributed by atoms with E-state index >= 15 is 0 Å². The fraction of sp³-hybridized carbons (Fsp3) is 0.304. The number of amides is 2. The van der Waals surface area contributed by atoms with E-state index in [4.69, 9.17) is 0 Å². The molecule has 2 aromatic heterocycles. The van der Waals surface area contributed by atoms with Crippen molar-refractivity contribution in [2.75, 3.05) is 38.0 Å². The predicted molar refractivity (Wildman–Crippen MR) is 120 cm³/mol. The van der Waals surface area contributed by atoms with E-state index in [1.54, 1.807) is 23.5 Å². The Bertz CT molecular complexity index is 1090. The molecule has 8 heteroatoms. The fourth-order valence-corrected chi connectivity index (χ4v) is 4.86. The number of thiophene rings is 1. The number of nitrogens with one attached hydrogen (secondary N) is 1. The summed E-state index contributed by atoms with van der Waals surface area (Å²) in [5.41, 5.74) is 2.23. The van der Waals surface area contributed by atoms with Crippen LogP contribution in [-0.2, 0) is 4.79 Å². The number of aromatic nitrogens is 1. The minimum atomic E-state index is -0.386. The van der Waals surface area contributed by atoms with Crippen molar-refractivity contribution in [3.05, 3.63) is 70.6 Å². The molecule has 0 atom stereocenters. The number of piperazine rings is 1. The first kappa shape index (κ1) is 21.3. The summed E-state index contributed by atoms with van der Waals surface area (Å²) in [7, 11) is 0. The third kappa shape index (κ3) is 4.70. The van der Waals surface area contributed by atoms with Crippen LogP contribution in [0, 0.1) is 19.7 Å². The lowest BCUT2D eigenvalue weighted by Gasteiger charge is -2.34. The largest absolute Gasteiger partial charge is 0.336 e. The minimum Gasteiger partial charge on any atom is -0.336 e. The smallest absolute Gasteiger partial charge is 0.257 e. The highest BCUT2D eigenvalue weighted by Gasteiger charge is 2.28. The predicted octanol–water partition coefficient (Wildman–Crippen LogP) is 3.69. The van der Waals surface area contributed by atoms with Gasteiger partial charge in [-0.25, -0.2) is 4.39 Å². The summed E-state index contributed by atoms with van der Waals surface area (Å²) >= 11 is 1.63. The van der Waals surface area contributed by atoms with Gasteiger partial charge in [0.05, 0.1) is 12.1 Å². The Morgan fingerprint density at radius 3 is 2.45 bits per heavy atom. The zero-order valence-corrected chi connectivity index (χ0v) is 18.4. The maximum atomic E-state index is 13.3. The topological polar surface area (TPSA) is 57.6 Å². The van der Waals surface area contributed by atoms with Crippen LogP contribution >= 0.6 is 11.3 Å². The third-order valence-corrected chi connectivity index (χ3v) is 6.78. The van der Waals surface area contributed by atoms with E-state index in [0.717, 1.165) is 21.0 Å². The van der Waals surface area contributed by atoms with E-state index in [0.29, 0.717) is 31.9 Å². The minimum absolute atomic E-state index is 0.0365. The van der Waals surface area contributed by atoms with Gasteiger partial charge in [0.25, 0.3) is 5.91 Å². The lowest BCUT2D eigenvalue weighted by Crippen LogP contribution is -2.50. The Morgan fingerprint density at radius 1 is 1.06 bits per heavy atom. The second-order valence-electron chi connectivity index (χ2n) is 7.68. The maximum Gasteiger partial charge on any atom is 0.257 e. The van der Waals surface area contributed by atoms with Crippen molar-refractivity contribution in [3.8, 4) is 5.00 Å². The van der Waals surface area contributed by atoms with Crippen molar-refractivity contribution in [3.63, 3.8) is 0 Å². The Labute approximate surface area is 184 Å². The van der Waals surface area contributed by atoms with Crippen LogP contribution in [0.1, 0.15) is 20.8 Å². The number of halogens is 1. The summed E-state index contributed by atoms with van der Waals surface area (Å²) < 4.78 is 15.3. The van der Waals surface area contributed by atoms with Crippen molar-refractivity contribution >= 4 is 28.8 Å². The van der Waals surface area contributed by atoms with E-state index < -0.39 is 0 Å². The number of rotatable bonds is 5. The molecule has 1 aliphatic heterocycles. The molecular formula is C23H25FN4O2S. The van der Waals surface area contributed by atoms with Gasteiger partial charge in [-0.3, -0.25) is 14.5 Å². The number of nitrogens with zero attached hydrogens (tertiary/aromatic N) is 3. The lowest BCUT2D eigenvalue weighted by molar-refractivity contribution is -0.117. The van der Waals surface area contributed by atoms with Gasteiger partial charge >= 0.3 is 0 Å². The van der Waals surface area contributed by atoms with Crippen LogP contribution in [0.5, 0.6) is 0 Å². The van der Waals surface area contributed by atoms with Gasteiger partial charge in [0, 0.05) is 49.1 Å². The van der Waals surface area contributed by atoms with Gasteiger partial charge in [-0.15, -0.1) is 11.3 Å². The molecule has 0 aliphatic carbocycles. The Balaban J connectivity index is 1.37. The third-order valence-electron chi connectivity index (χ3n) is 5.55. The summed E-state index contributed by atoms with van der Waals surface area (Å²) in [5.74, 6) is -0.540. The van der Waals surface area contributed by atoms with Crippen LogP contribution in [0.25, 0.3) is 5.00 Å². The molecule has 0 spiro atoms. The summed E-state index contributed by atoms with van der Waals surface area (Å²) in [6, 6.07) is 9.75. The summed E-state index contributed by atoms with van der Waals surface area (Å²) in [6.07, 6.45) is 3.91. The van der Waals surface area contributed by atoms with Gasteiger partial charge in [0.1, 0.15) is 10.8 Å². The van der Waals surface area contributed by atoms with Gasteiger partial charge in [-0.1, -0.05) is 6.07 Å². The SMILES string of the molecule is Cc1sc(-n2cccc2)c(C(=O)N2CCN(CC(=O)Nc3cccc(F)c3)CC2)c1C. The maximum absolute atomic E-state index is 13.3. The first-order valence-electron chi connectivity index (χ1n) is 10.2. The first-order valence-corrected chi connectivity index (χ1v) is 11.0. The van der Waals surface area contributed by atoms with E-state index in [-0.39, 0.29) is 24.2 Å². The van der Waals surface area contributed by atoms with Crippen LogP contribution in [-0.4, -0.2) is 58.9 Å². The number of benzene rings is 1. The molecule has 1 aliphatic rings. The molecule has 1 N–H and O–H groups in total. The van der Waals surface area contributed by atoms with E-state index in [1.807, 2.05) is 52.7 Å². The Kier molecular flexibility index (Phi) is 6.20. The molecule has 4 rings (SSSR count). The molecule has 1 fully saturated rings. The second-order valence-corrected chi connectivity index (χ2v) is 8.88. The van der Waals surface area contributed by atoms with E-state index in [2.05, 4.69) is 5.32 Å². The van der Waals surface area contributed by atoms with E-state index in [9.17, 15) is 14.0 Å². The number of hydrogen-bond donors (Lipinski definition) is 1. The molecule has 1 aromatic carbocycles. The molecule has 3 aromatic rings. The molecule has 31 heavy (non-hydrogen) atoms. The van der Waals surface area contributed by atoms with Gasteiger partial charge in [0.15, 0.2) is 0 Å². The summed E-state index contributed by atoms with van der Waals surface area (Å²) in [5, 5.41) is 3.67. The van der Waals surface area contributed by atoms with Crippen LogP contribution in [0.15, 0.2) is 48.8 Å².